The Morgan fingerprint density at radius 2 is 1.48 bits per heavy atom. The Balaban J connectivity index is 1.97. The number of hydrogen-bond acceptors (Lipinski definition) is 0. The summed E-state index contributed by atoms with van der Waals surface area (Å²) < 4.78 is 0. The fourth-order valence-corrected chi connectivity index (χ4v) is 4.47. The van der Waals surface area contributed by atoms with E-state index in [0.29, 0.717) is 0 Å². The molecule has 0 heteroatoms. The van der Waals surface area contributed by atoms with Crippen molar-refractivity contribution in [3.63, 3.8) is 0 Å². The summed E-state index contributed by atoms with van der Waals surface area (Å²) in [6.07, 6.45) is 13.3. The maximum Gasteiger partial charge on any atom is 0.0581 e. The van der Waals surface area contributed by atoms with Crippen LogP contribution in [-0.4, -0.2) is 0 Å². The van der Waals surface area contributed by atoms with Crippen LogP contribution in [0.5, 0.6) is 0 Å². The Kier molecular flexibility index (Phi) is 2.93. The second kappa shape index (κ2) is 5.07. The number of rotatable bonds is 0. The maximum atomic E-state index is 2.36. The molecule has 0 fully saturated rings. The third-order valence-corrected chi connectivity index (χ3v) is 5.67. The molecule has 0 N–H and O–H groups in total. The van der Waals surface area contributed by atoms with Crippen LogP contribution in [-0.2, 0) is 5.41 Å². The molecule has 3 aromatic rings. The molecule has 0 nitrogen and oxygen atoms in total. The van der Waals surface area contributed by atoms with Gasteiger partial charge in [0.05, 0.1) is 5.41 Å². The zero-order valence-electron chi connectivity index (χ0n) is 14.6. The summed E-state index contributed by atoms with van der Waals surface area (Å²) in [5, 5.41) is 2.71. The van der Waals surface area contributed by atoms with E-state index in [0.717, 1.165) is 0 Å². The molecule has 0 heterocycles. The first-order valence-electron chi connectivity index (χ1n) is 8.89. The van der Waals surface area contributed by atoms with E-state index in [-0.39, 0.29) is 5.41 Å². The summed E-state index contributed by atoms with van der Waals surface area (Å²) in [4.78, 5) is 0. The predicted octanol–water partition coefficient (Wildman–Crippen LogP) is 6.41. The van der Waals surface area contributed by atoms with Gasteiger partial charge in [0.15, 0.2) is 0 Å². The molecule has 0 saturated heterocycles. The molecule has 0 atom stereocenters. The van der Waals surface area contributed by atoms with Crippen LogP contribution in [0.2, 0.25) is 0 Å². The van der Waals surface area contributed by atoms with Crippen molar-refractivity contribution < 1.29 is 0 Å². The minimum Gasteiger partial charge on any atom is -0.0658 e. The summed E-state index contributed by atoms with van der Waals surface area (Å²) in [6, 6.07) is 18.2. The molecule has 0 unspecified atom stereocenters. The van der Waals surface area contributed by atoms with Crippen molar-refractivity contribution in [1.82, 2.24) is 0 Å². The van der Waals surface area contributed by atoms with Gasteiger partial charge in [-0.3, -0.25) is 0 Å². The van der Waals surface area contributed by atoms with Crippen LogP contribution in [0.4, 0.5) is 0 Å². The molecular weight excluding hydrogens is 300 g/mol. The van der Waals surface area contributed by atoms with Crippen LogP contribution in [0.1, 0.15) is 22.3 Å². The van der Waals surface area contributed by atoms with E-state index < -0.39 is 0 Å². The maximum absolute atomic E-state index is 2.36. The van der Waals surface area contributed by atoms with E-state index >= 15 is 0 Å². The zero-order chi connectivity index (χ0) is 17.0. The Hall–Kier alpha value is -2.86. The molecule has 0 saturated carbocycles. The summed E-state index contributed by atoms with van der Waals surface area (Å²) >= 11 is 0. The number of hydrogen-bond donors (Lipinski definition) is 0. The van der Waals surface area contributed by atoms with Crippen molar-refractivity contribution in [3.05, 3.63) is 107 Å². The van der Waals surface area contributed by atoms with Gasteiger partial charge >= 0.3 is 0 Å². The lowest BCUT2D eigenvalue weighted by atomic mass is 9.77. The summed E-state index contributed by atoms with van der Waals surface area (Å²) in [5.74, 6) is 0. The molecule has 0 aliphatic heterocycles. The van der Waals surface area contributed by atoms with Gasteiger partial charge < -0.3 is 0 Å². The van der Waals surface area contributed by atoms with Crippen LogP contribution in [0.15, 0.2) is 85.0 Å². The highest BCUT2D eigenvalue weighted by atomic mass is 14.4. The SMILES string of the molecule is Cc1ccc2c(c1)C1(C=CC=CC=C1)c1ccc3c(C)cccc3c1-2. The highest BCUT2D eigenvalue weighted by molar-refractivity contribution is 6.04. The van der Waals surface area contributed by atoms with Gasteiger partial charge in [-0.2, -0.15) is 0 Å². The first-order valence-corrected chi connectivity index (χ1v) is 8.89. The van der Waals surface area contributed by atoms with Crippen molar-refractivity contribution in [2.75, 3.05) is 0 Å². The second-order valence-electron chi connectivity index (χ2n) is 7.18. The molecular formula is C25H20. The van der Waals surface area contributed by atoms with Crippen molar-refractivity contribution in [1.29, 1.82) is 0 Å². The molecule has 2 aliphatic carbocycles. The molecule has 0 radical (unpaired) electrons. The van der Waals surface area contributed by atoms with E-state index in [1.165, 1.54) is 44.2 Å². The van der Waals surface area contributed by atoms with Crippen LogP contribution in [0.3, 0.4) is 0 Å². The van der Waals surface area contributed by atoms with Gasteiger partial charge in [-0.05, 0) is 52.4 Å². The lowest BCUT2D eigenvalue weighted by Crippen LogP contribution is -2.19. The fourth-order valence-electron chi connectivity index (χ4n) is 4.47. The Bertz CT molecular complexity index is 1090. The van der Waals surface area contributed by atoms with Gasteiger partial charge in [0.25, 0.3) is 0 Å². The average molecular weight is 320 g/mol. The fraction of sp³-hybridized carbons (Fsp3) is 0.120. The van der Waals surface area contributed by atoms with Crippen molar-refractivity contribution in [2.24, 2.45) is 0 Å². The van der Waals surface area contributed by atoms with E-state index in [9.17, 15) is 0 Å². The minimum absolute atomic E-state index is 0.169. The Labute approximate surface area is 148 Å². The van der Waals surface area contributed by atoms with Crippen LogP contribution >= 0.6 is 0 Å². The second-order valence-corrected chi connectivity index (χ2v) is 7.18. The van der Waals surface area contributed by atoms with Gasteiger partial charge in [-0.25, -0.2) is 0 Å². The summed E-state index contributed by atoms with van der Waals surface area (Å²) in [6.45, 7) is 4.38. The third kappa shape index (κ3) is 1.88. The summed E-state index contributed by atoms with van der Waals surface area (Å²) in [7, 11) is 0. The minimum atomic E-state index is -0.169. The topological polar surface area (TPSA) is 0 Å². The summed E-state index contributed by atoms with van der Waals surface area (Å²) in [5.41, 5.74) is 8.03. The molecule has 1 spiro atoms. The van der Waals surface area contributed by atoms with Gasteiger partial charge in [-0.15, -0.1) is 0 Å². The first kappa shape index (κ1) is 14.5. The molecule has 120 valence electrons. The van der Waals surface area contributed by atoms with Crippen LogP contribution < -0.4 is 0 Å². The van der Waals surface area contributed by atoms with Gasteiger partial charge in [0, 0.05) is 0 Å². The van der Waals surface area contributed by atoms with Gasteiger partial charge in [0.2, 0.25) is 0 Å². The Morgan fingerprint density at radius 1 is 0.680 bits per heavy atom. The van der Waals surface area contributed by atoms with Crippen LogP contribution in [0, 0.1) is 13.8 Å². The zero-order valence-corrected chi connectivity index (χ0v) is 14.6. The number of allylic oxidation sites excluding steroid dienone is 6. The highest BCUT2D eigenvalue weighted by Gasteiger charge is 2.40. The van der Waals surface area contributed by atoms with Gasteiger partial charge in [0.1, 0.15) is 0 Å². The van der Waals surface area contributed by atoms with E-state index in [2.05, 4.69) is 98.8 Å². The standard InChI is InChI=1S/C25H20/c1-17-10-11-21-23(16-17)25(14-5-3-4-6-15-25)22-13-12-19-18(2)8-7-9-20(19)24(21)22/h3-16H,1-2H3. The molecule has 5 rings (SSSR count). The van der Waals surface area contributed by atoms with E-state index in [1.54, 1.807) is 0 Å². The molecule has 3 aromatic carbocycles. The average Bonchev–Trinajstić information content (AvgIpc) is 2.76. The molecule has 0 amide bonds. The lowest BCUT2D eigenvalue weighted by Gasteiger charge is -2.25. The largest absolute Gasteiger partial charge is 0.0658 e. The third-order valence-electron chi connectivity index (χ3n) is 5.67. The molecule has 25 heavy (non-hydrogen) atoms. The smallest absolute Gasteiger partial charge is 0.0581 e. The Morgan fingerprint density at radius 3 is 2.28 bits per heavy atom. The quantitative estimate of drug-likeness (QED) is 0.449. The number of fused-ring (bicyclic) bond motifs is 7. The van der Waals surface area contributed by atoms with Crippen LogP contribution in [0.25, 0.3) is 21.9 Å². The first-order chi connectivity index (χ1) is 12.2. The van der Waals surface area contributed by atoms with Crippen molar-refractivity contribution in [3.8, 4) is 11.1 Å². The molecule has 2 aliphatic rings. The highest BCUT2D eigenvalue weighted by Crippen LogP contribution is 2.53. The van der Waals surface area contributed by atoms with Gasteiger partial charge in [-0.1, -0.05) is 90.6 Å². The molecule has 0 bridgehead atoms. The predicted molar refractivity (Wildman–Crippen MR) is 107 cm³/mol. The monoisotopic (exact) mass is 320 g/mol. The van der Waals surface area contributed by atoms with Crippen molar-refractivity contribution in [2.45, 2.75) is 19.3 Å². The number of benzene rings is 3. The molecule has 0 aromatic heterocycles. The van der Waals surface area contributed by atoms with Crippen molar-refractivity contribution >= 4 is 10.8 Å². The normalized spacial score (nSPS) is 16.2. The number of aryl methyl sites for hydroxylation is 2. The van der Waals surface area contributed by atoms with E-state index in [1.807, 2.05) is 0 Å². The lowest BCUT2D eigenvalue weighted by molar-refractivity contribution is 0.845. The van der Waals surface area contributed by atoms with E-state index in [4.69, 9.17) is 0 Å².